The van der Waals surface area contributed by atoms with Crippen molar-refractivity contribution in [1.82, 2.24) is 9.55 Å². The Morgan fingerprint density at radius 1 is 1.33 bits per heavy atom. The summed E-state index contributed by atoms with van der Waals surface area (Å²) in [6, 6.07) is 9.53. The molecule has 5 nitrogen and oxygen atoms in total. The van der Waals surface area contributed by atoms with E-state index in [2.05, 4.69) is 4.98 Å². The van der Waals surface area contributed by atoms with E-state index in [4.69, 9.17) is 10.5 Å². The molecule has 0 spiro atoms. The molecule has 1 aromatic heterocycles. The van der Waals surface area contributed by atoms with Gasteiger partial charge >= 0.3 is 5.97 Å². The van der Waals surface area contributed by atoms with Gasteiger partial charge in [0, 0.05) is 19.3 Å². The van der Waals surface area contributed by atoms with Crippen LogP contribution in [-0.4, -0.2) is 22.1 Å². The molecule has 1 heterocycles. The minimum Gasteiger partial charge on any atom is -0.456 e. The van der Waals surface area contributed by atoms with Crippen LogP contribution in [0.1, 0.15) is 16.1 Å². The number of ether oxygens (including phenoxy) is 1. The van der Waals surface area contributed by atoms with Crippen molar-refractivity contribution in [1.29, 1.82) is 0 Å². The van der Waals surface area contributed by atoms with Crippen molar-refractivity contribution in [3.63, 3.8) is 0 Å². The van der Waals surface area contributed by atoms with E-state index in [-0.39, 0.29) is 6.61 Å². The Bertz CT molecular complexity index is 508. The average Bonchev–Trinajstić information content (AvgIpc) is 2.86. The largest absolute Gasteiger partial charge is 0.456 e. The summed E-state index contributed by atoms with van der Waals surface area (Å²) >= 11 is 0. The van der Waals surface area contributed by atoms with Crippen LogP contribution < -0.4 is 5.73 Å². The van der Waals surface area contributed by atoms with Crippen molar-refractivity contribution in [2.75, 3.05) is 6.54 Å². The molecular weight excluding hydrogens is 230 g/mol. The van der Waals surface area contributed by atoms with Crippen molar-refractivity contribution in [2.24, 2.45) is 5.73 Å². The standard InChI is InChI=1S/C13H15N3O2/c14-6-7-16-8-12(15-10-16)13(17)18-9-11-4-2-1-3-5-11/h1-5,8,10H,6-7,9,14H2. The smallest absolute Gasteiger partial charge is 0.358 e. The Morgan fingerprint density at radius 2 is 2.11 bits per heavy atom. The SMILES string of the molecule is NCCn1cnc(C(=O)OCc2ccccc2)c1. The van der Waals surface area contributed by atoms with Crippen LogP contribution in [0, 0.1) is 0 Å². The quantitative estimate of drug-likeness (QED) is 0.803. The maximum Gasteiger partial charge on any atom is 0.358 e. The highest BCUT2D eigenvalue weighted by atomic mass is 16.5. The van der Waals surface area contributed by atoms with E-state index in [9.17, 15) is 4.79 Å². The van der Waals surface area contributed by atoms with Gasteiger partial charge in [-0.25, -0.2) is 9.78 Å². The third-order valence-corrected chi connectivity index (χ3v) is 2.44. The molecule has 0 aliphatic carbocycles. The molecule has 18 heavy (non-hydrogen) atoms. The van der Waals surface area contributed by atoms with Crippen LogP contribution >= 0.6 is 0 Å². The molecular formula is C13H15N3O2. The van der Waals surface area contributed by atoms with Crippen LogP contribution in [0.3, 0.4) is 0 Å². The maximum atomic E-state index is 11.7. The van der Waals surface area contributed by atoms with Gasteiger partial charge in [-0.15, -0.1) is 0 Å². The molecule has 2 N–H and O–H groups in total. The molecule has 2 aromatic rings. The van der Waals surface area contributed by atoms with Gasteiger partial charge in [0.25, 0.3) is 0 Å². The van der Waals surface area contributed by atoms with E-state index >= 15 is 0 Å². The molecule has 0 aliphatic heterocycles. The van der Waals surface area contributed by atoms with E-state index in [1.807, 2.05) is 30.3 Å². The second-order valence-electron chi connectivity index (χ2n) is 3.85. The van der Waals surface area contributed by atoms with Gasteiger partial charge in [-0.1, -0.05) is 30.3 Å². The van der Waals surface area contributed by atoms with Crippen LogP contribution in [0.25, 0.3) is 0 Å². The second kappa shape index (κ2) is 5.97. The van der Waals surface area contributed by atoms with Crippen LogP contribution in [0.5, 0.6) is 0 Å². The number of hydrogen-bond acceptors (Lipinski definition) is 4. The molecule has 0 radical (unpaired) electrons. The fourth-order valence-corrected chi connectivity index (χ4v) is 1.53. The molecule has 0 amide bonds. The number of imidazole rings is 1. The van der Waals surface area contributed by atoms with Crippen molar-refractivity contribution in [2.45, 2.75) is 13.2 Å². The summed E-state index contributed by atoms with van der Waals surface area (Å²) in [5.74, 6) is -0.422. The van der Waals surface area contributed by atoms with E-state index in [0.29, 0.717) is 18.8 Å². The summed E-state index contributed by atoms with van der Waals surface area (Å²) in [4.78, 5) is 15.7. The first kappa shape index (κ1) is 12.3. The molecule has 1 aromatic carbocycles. The minimum absolute atomic E-state index is 0.253. The molecule has 0 fully saturated rings. The first-order valence-electron chi connectivity index (χ1n) is 5.72. The predicted molar refractivity (Wildman–Crippen MR) is 66.8 cm³/mol. The number of carbonyl (C=O) groups is 1. The molecule has 0 saturated heterocycles. The summed E-state index contributed by atoms with van der Waals surface area (Å²) < 4.78 is 6.92. The van der Waals surface area contributed by atoms with Gasteiger partial charge in [-0.05, 0) is 5.56 Å². The average molecular weight is 245 g/mol. The first-order valence-corrected chi connectivity index (χ1v) is 5.72. The zero-order valence-electron chi connectivity index (χ0n) is 9.95. The van der Waals surface area contributed by atoms with Crippen LogP contribution in [0.15, 0.2) is 42.9 Å². The zero-order valence-corrected chi connectivity index (χ0v) is 9.95. The van der Waals surface area contributed by atoms with E-state index in [1.54, 1.807) is 17.1 Å². The first-order chi connectivity index (χ1) is 8.79. The monoisotopic (exact) mass is 245 g/mol. The molecule has 2 rings (SSSR count). The van der Waals surface area contributed by atoms with Crippen LogP contribution in [0.4, 0.5) is 0 Å². The molecule has 94 valence electrons. The zero-order chi connectivity index (χ0) is 12.8. The fourth-order valence-electron chi connectivity index (χ4n) is 1.53. The molecule has 0 bridgehead atoms. The van der Waals surface area contributed by atoms with Gasteiger partial charge in [0.1, 0.15) is 6.61 Å². The third-order valence-electron chi connectivity index (χ3n) is 2.44. The summed E-state index contributed by atoms with van der Waals surface area (Å²) in [6.45, 7) is 1.40. The molecule has 0 aliphatic rings. The number of carbonyl (C=O) groups excluding carboxylic acids is 1. The molecule has 0 atom stereocenters. The predicted octanol–water partition coefficient (Wildman–Crippen LogP) is 1.20. The molecule has 5 heteroatoms. The second-order valence-corrected chi connectivity index (χ2v) is 3.85. The van der Waals surface area contributed by atoms with Crippen molar-refractivity contribution >= 4 is 5.97 Å². The number of nitrogens with zero attached hydrogens (tertiary/aromatic N) is 2. The molecule has 0 saturated carbocycles. The highest BCUT2D eigenvalue weighted by Gasteiger charge is 2.10. The highest BCUT2D eigenvalue weighted by Crippen LogP contribution is 2.04. The van der Waals surface area contributed by atoms with Crippen LogP contribution in [-0.2, 0) is 17.9 Å². The van der Waals surface area contributed by atoms with E-state index < -0.39 is 5.97 Å². The Balaban J connectivity index is 1.91. The summed E-state index contributed by atoms with van der Waals surface area (Å²) in [5.41, 5.74) is 6.67. The van der Waals surface area contributed by atoms with Gasteiger partial charge in [0.2, 0.25) is 0 Å². The Kier molecular flexibility index (Phi) is 4.09. The maximum absolute atomic E-state index is 11.7. The van der Waals surface area contributed by atoms with Gasteiger partial charge in [0.05, 0.1) is 6.33 Å². The number of hydrogen-bond donors (Lipinski definition) is 1. The Morgan fingerprint density at radius 3 is 2.83 bits per heavy atom. The number of nitrogens with two attached hydrogens (primary N) is 1. The lowest BCUT2D eigenvalue weighted by atomic mass is 10.2. The molecule has 0 unspecified atom stereocenters. The van der Waals surface area contributed by atoms with Gasteiger partial charge < -0.3 is 15.0 Å². The van der Waals surface area contributed by atoms with E-state index in [1.165, 1.54) is 0 Å². The lowest BCUT2D eigenvalue weighted by Gasteiger charge is -2.02. The summed E-state index contributed by atoms with van der Waals surface area (Å²) in [5, 5.41) is 0. The third kappa shape index (κ3) is 3.18. The Hall–Kier alpha value is -2.14. The normalized spacial score (nSPS) is 10.3. The van der Waals surface area contributed by atoms with Crippen molar-refractivity contribution in [3.05, 3.63) is 54.1 Å². The van der Waals surface area contributed by atoms with Gasteiger partial charge in [-0.3, -0.25) is 0 Å². The lowest BCUT2D eigenvalue weighted by Crippen LogP contribution is -2.08. The van der Waals surface area contributed by atoms with Crippen LogP contribution in [0.2, 0.25) is 0 Å². The fraction of sp³-hybridized carbons (Fsp3) is 0.231. The minimum atomic E-state index is -0.422. The number of esters is 1. The van der Waals surface area contributed by atoms with Gasteiger partial charge in [0.15, 0.2) is 5.69 Å². The van der Waals surface area contributed by atoms with Crippen molar-refractivity contribution < 1.29 is 9.53 Å². The Labute approximate surface area is 105 Å². The summed E-state index contributed by atoms with van der Waals surface area (Å²) in [6.07, 6.45) is 3.21. The number of benzene rings is 1. The topological polar surface area (TPSA) is 70.1 Å². The summed E-state index contributed by atoms with van der Waals surface area (Å²) in [7, 11) is 0. The van der Waals surface area contributed by atoms with Gasteiger partial charge in [-0.2, -0.15) is 0 Å². The lowest BCUT2D eigenvalue weighted by molar-refractivity contribution is 0.0466. The van der Waals surface area contributed by atoms with Crippen molar-refractivity contribution in [3.8, 4) is 0 Å². The number of aromatic nitrogens is 2. The number of rotatable bonds is 5. The highest BCUT2D eigenvalue weighted by molar-refractivity contribution is 5.86. The van der Waals surface area contributed by atoms with E-state index in [0.717, 1.165) is 5.56 Å².